The number of aliphatic hydroxyl groups is 1. The van der Waals surface area contributed by atoms with Crippen molar-refractivity contribution in [3.63, 3.8) is 0 Å². The van der Waals surface area contributed by atoms with Crippen LogP contribution in [0.3, 0.4) is 0 Å². The van der Waals surface area contributed by atoms with Gasteiger partial charge < -0.3 is 14.8 Å². The third kappa shape index (κ3) is 4.37. The molecule has 0 saturated heterocycles. The van der Waals surface area contributed by atoms with E-state index in [1.807, 2.05) is 23.9 Å². The fourth-order valence-corrected chi connectivity index (χ4v) is 2.89. The Labute approximate surface area is 107 Å². The molecule has 0 bridgehead atoms. The highest BCUT2D eigenvalue weighted by Gasteiger charge is 2.31. The van der Waals surface area contributed by atoms with Crippen LogP contribution in [0, 0.1) is 0 Å². The summed E-state index contributed by atoms with van der Waals surface area (Å²) >= 11 is 1.86. The molecule has 1 saturated carbocycles. The van der Waals surface area contributed by atoms with E-state index in [0.717, 1.165) is 23.7 Å². The molecule has 3 nitrogen and oxygen atoms in total. The average molecular weight is 255 g/mol. The molecule has 4 heteroatoms. The van der Waals surface area contributed by atoms with E-state index >= 15 is 0 Å². The fraction of sp³-hybridized carbons (Fsp3) is 0.692. The Bertz CT molecular complexity index is 324. The molecule has 0 spiro atoms. The molecule has 1 aromatic heterocycles. The Kier molecular flexibility index (Phi) is 4.54. The predicted octanol–water partition coefficient (Wildman–Crippen LogP) is 2.41. The van der Waals surface area contributed by atoms with Crippen molar-refractivity contribution in [1.29, 1.82) is 0 Å². The standard InChI is InChI=1S/C13H21NO2S/c1-13(10-15,14-11-4-5-11)6-8-17-9-12-3-2-7-16-12/h2-3,7,11,14-15H,4-6,8-10H2,1H3. The minimum absolute atomic E-state index is 0.114. The van der Waals surface area contributed by atoms with E-state index in [1.54, 1.807) is 6.26 Å². The summed E-state index contributed by atoms with van der Waals surface area (Å²) in [7, 11) is 0. The van der Waals surface area contributed by atoms with Crippen molar-refractivity contribution >= 4 is 11.8 Å². The van der Waals surface area contributed by atoms with E-state index in [-0.39, 0.29) is 12.1 Å². The lowest BCUT2D eigenvalue weighted by Gasteiger charge is -2.28. The van der Waals surface area contributed by atoms with Crippen molar-refractivity contribution in [1.82, 2.24) is 5.32 Å². The first-order valence-corrected chi connectivity index (χ1v) is 7.36. The van der Waals surface area contributed by atoms with Crippen molar-refractivity contribution in [2.45, 2.75) is 43.5 Å². The Morgan fingerprint density at radius 3 is 3.00 bits per heavy atom. The van der Waals surface area contributed by atoms with Gasteiger partial charge in [-0.25, -0.2) is 0 Å². The lowest BCUT2D eigenvalue weighted by atomic mass is 10.0. The smallest absolute Gasteiger partial charge is 0.113 e. The molecule has 1 aromatic rings. The van der Waals surface area contributed by atoms with E-state index in [4.69, 9.17) is 4.42 Å². The van der Waals surface area contributed by atoms with Gasteiger partial charge in [-0.15, -0.1) is 0 Å². The van der Waals surface area contributed by atoms with Crippen LogP contribution in [0.25, 0.3) is 0 Å². The molecule has 1 fully saturated rings. The zero-order valence-corrected chi connectivity index (χ0v) is 11.1. The number of nitrogens with one attached hydrogen (secondary N) is 1. The van der Waals surface area contributed by atoms with Gasteiger partial charge in [0.15, 0.2) is 0 Å². The molecule has 0 aliphatic heterocycles. The third-order valence-corrected chi connectivity index (χ3v) is 4.08. The van der Waals surface area contributed by atoms with Crippen LogP contribution in [0.2, 0.25) is 0 Å². The minimum Gasteiger partial charge on any atom is -0.468 e. The normalized spacial score (nSPS) is 19.2. The maximum Gasteiger partial charge on any atom is 0.113 e. The summed E-state index contributed by atoms with van der Waals surface area (Å²) in [6.07, 6.45) is 5.22. The fourth-order valence-electron chi connectivity index (χ4n) is 1.78. The van der Waals surface area contributed by atoms with Crippen LogP contribution in [0.15, 0.2) is 22.8 Å². The monoisotopic (exact) mass is 255 g/mol. The Morgan fingerprint density at radius 2 is 2.41 bits per heavy atom. The SMILES string of the molecule is CC(CO)(CCSCc1ccco1)NC1CC1. The molecule has 1 atom stereocenters. The molecule has 1 aliphatic rings. The van der Waals surface area contributed by atoms with Crippen LogP contribution in [0.1, 0.15) is 31.9 Å². The first-order valence-electron chi connectivity index (χ1n) is 6.20. The van der Waals surface area contributed by atoms with E-state index in [0.29, 0.717) is 6.04 Å². The van der Waals surface area contributed by atoms with Gasteiger partial charge in [0.1, 0.15) is 5.76 Å². The average Bonchev–Trinajstić information content (AvgIpc) is 2.97. The first-order chi connectivity index (χ1) is 8.22. The molecule has 96 valence electrons. The van der Waals surface area contributed by atoms with Crippen LogP contribution >= 0.6 is 11.8 Å². The van der Waals surface area contributed by atoms with Gasteiger partial charge in [0.25, 0.3) is 0 Å². The topological polar surface area (TPSA) is 45.4 Å². The highest BCUT2D eigenvalue weighted by Crippen LogP contribution is 2.25. The van der Waals surface area contributed by atoms with E-state index < -0.39 is 0 Å². The number of rotatable bonds is 8. The maximum absolute atomic E-state index is 9.45. The summed E-state index contributed by atoms with van der Waals surface area (Å²) in [4.78, 5) is 0. The van der Waals surface area contributed by atoms with Gasteiger partial charge in [-0.3, -0.25) is 0 Å². The Morgan fingerprint density at radius 1 is 1.59 bits per heavy atom. The number of furan rings is 1. The molecule has 0 amide bonds. The molecule has 1 unspecified atom stereocenters. The van der Waals surface area contributed by atoms with Gasteiger partial charge in [0, 0.05) is 11.6 Å². The zero-order chi connectivity index (χ0) is 12.1. The largest absolute Gasteiger partial charge is 0.468 e. The van der Waals surface area contributed by atoms with E-state index in [9.17, 15) is 5.11 Å². The predicted molar refractivity (Wildman–Crippen MR) is 71.1 cm³/mol. The van der Waals surface area contributed by atoms with Crippen LogP contribution in [0.5, 0.6) is 0 Å². The number of aliphatic hydroxyl groups excluding tert-OH is 1. The molecular weight excluding hydrogens is 234 g/mol. The summed E-state index contributed by atoms with van der Waals surface area (Å²) in [6, 6.07) is 4.56. The van der Waals surface area contributed by atoms with Gasteiger partial charge in [0.05, 0.1) is 18.6 Å². The molecule has 2 rings (SSSR count). The lowest BCUT2D eigenvalue weighted by Crippen LogP contribution is -2.47. The van der Waals surface area contributed by atoms with E-state index in [2.05, 4.69) is 12.2 Å². The van der Waals surface area contributed by atoms with Crippen molar-refractivity contribution in [2.24, 2.45) is 0 Å². The van der Waals surface area contributed by atoms with Crippen molar-refractivity contribution in [3.05, 3.63) is 24.2 Å². The second-order valence-electron chi connectivity index (χ2n) is 5.02. The third-order valence-electron chi connectivity index (χ3n) is 3.10. The van der Waals surface area contributed by atoms with Gasteiger partial charge in [-0.1, -0.05) is 0 Å². The zero-order valence-electron chi connectivity index (χ0n) is 10.3. The summed E-state index contributed by atoms with van der Waals surface area (Å²) in [5.41, 5.74) is -0.114. The summed E-state index contributed by atoms with van der Waals surface area (Å²) in [6.45, 7) is 2.32. The van der Waals surface area contributed by atoms with Gasteiger partial charge in [0.2, 0.25) is 0 Å². The lowest BCUT2D eigenvalue weighted by molar-refractivity contribution is 0.169. The number of thioether (sulfide) groups is 1. The molecule has 0 radical (unpaired) electrons. The maximum atomic E-state index is 9.45. The molecule has 1 aliphatic carbocycles. The first kappa shape index (κ1) is 13.0. The van der Waals surface area contributed by atoms with Crippen molar-refractivity contribution in [2.75, 3.05) is 12.4 Å². The molecule has 1 heterocycles. The molecule has 0 aromatic carbocycles. The van der Waals surface area contributed by atoms with Gasteiger partial charge >= 0.3 is 0 Å². The minimum atomic E-state index is -0.114. The van der Waals surface area contributed by atoms with Crippen LogP contribution in [-0.4, -0.2) is 29.0 Å². The quantitative estimate of drug-likeness (QED) is 0.700. The molecule has 17 heavy (non-hydrogen) atoms. The van der Waals surface area contributed by atoms with E-state index in [1.165, 1.54) is 12.8 Å². The molecular formula is C13H21NO2S. The Hall–Kier alpha value is -0.450. The van der Waals surface area contributed by atoms with Crippen LogP contribution in [0.4, 0.5) is 0 Å². The van der Waals surface area contributed by atoms with Crippen LogP contribution in [-0.2, 0) is 5.75 Å². The van der Waals surface area contributed by atoms with Crippen molar-refractivity contribution in [3.8, 4) is 0 Å². The number of hydrogen-bond donors (Lipinski definition) is 2. The number of hydrogen-bond acceptors (Lipinski definition) is 4. The van der Waals surface area contributed by atoms with Crippen molar-refractivity contribution < 1.29 is 9.52 Å². The summed E-state index contributed by atoms with van der Waals surface area (Å²) in [5, 5.41) is 13.0. The second-order valence-corrected chi connectivity index (χ2v) is 6.12. The Balaban J connectivity index is 1.65. The van der Waals surface area contributed by atoms with Gasteiger partial charge in [-0.2, -0.15) is 11.8 Å². The van der Waals surface area contributed by atoms with Crippen LogP contribution < -0.4 is 5.32 Å². The molecule has 2 N–H and O–H groups in total. The highest BCUT2D eigenvalue weighted by atomic mass is 32.2. The second kappa shape index (κ2) is 5.94. The summed E-state index contributed by atoms with van der Waals surface area (Å²) in [5.74, 6) is 2.98. The summed E-state index contributed by atoms with van der Waals surface area (Å²) < 4.78 is 5.28. The van der Waals surface area contributed by atoms with Gasteiger partial charge in [-0.05, 0) is 44.1 Å². The highest BCUT2D eigenvalue weighted by molar-refractivity contribution is 7.98.